The van der Waals surface area contributed by atoms with E-state index in [-0.39, 0.29) is 24.3 Å². The molecule has 0 aliphatic heterocycles. The molecule has 0 heterocycles. The van der Waals surface area contributed by atoms with Gasteiger partial charge in [0, 0.05) is 13.0 Å². The maximum absolute atomic E-state index is 11.9. The zero-order valence-electron chi connectivity index (χ0n) is 17.5. The first-order chi connectivity index (χ1) is 13.0. The molecule has 0 aromatic carbocycles. The molecule has 0 radical (unpaired) electrons. The van der Waals surface area contributed by atoms with Crippen molar-refractivity contribution in [1.82, 2.24) is 5.32 Å². The number of rotatable bonds is 18. The van der Waals surface area contributed by atoms with Crippen LogP contribution in [-0.4, -0.2) is 35.5 Å². The Labute approximate surface area is 176 Å². The summed E-state index contributed by atoms with van der Waals surface area (Å²) in [5.41, 5.74) is 10.4. The van der Waals surface area contributed by atoms with E-state index in [0.29, 0.717) is 25.8 Å². The highest BCUT2D eigenvalue weighted by Gasteiger charge is 2.18. The van der Waals surface area contributed by atoms with Crippen LogP contribution in [0, 0.1) is 0 Å². The van der Waals surface area contributed by atoms with E-state index in [0.717, 1.165) is 19.3 Å². The van der Waals surface area contributed by atoms with E-state index in [1.165, 1.54) is 51.4 Å². The average Bonchev–Trinajstić information content (AvgIpc) is 2.61. The van der Waals surface area contributed by atoms with Crippen molar-refractivity contribution in [3.8, 4) is 0 Å². The molecule has 166 valence electrons. The van der Waals surface area contributed by atoms with Crippen LogP contribution in [0.5, 0.6) is 0 Å². The zero-order chi connectivity index (χ0) is 20.3. The quantitative estimate of drug-likeness (QED) is 0.152. The van der Waals surface area contributed by atoms with Gasteiger partial charge >= 0.3 is 5.97 Å². The maximum atomic E-state index is 11.9. The second-order valence-corrected chi connectivity index (χ2v) is 7.19. The molecule has 0 unspecified atom stereocenters. The van der Waals surface area contributed by atoms with Crippen LogP contribution in [0.15, 0.2) is 4.99 Å². The molecule has 7 nitrogen and oxygen atoms in total. The third-order valence-electron chi connectivity index (χ3n) is 4.59. The van der Waals surface area contributed by atoms with Crippen LogP contribution >= 0.6 is 12.4 Å². The number of guanidine groups is 1. The van der Waals surface area contributed by atoms with E-state index >= 15 is 0 Å². The first-order valence-corrected chi connectivity index (χ1v) is 10.5. The molecule has 0 fully saturated rings. The molecule has 0 bridgehead atoms. The first kappa shape index (κ1) is 28.7. The number of aliphatic imine (C=N–C) groups is 1. The Balaban J connectivity index is 0. The molecule has 8 heteroatoms. The minimum absolute atomic E-state index is 0. The van der Waals surface area contributed by atoms with Gasteiger partial charge in [-0.3, -0.25) is 9.79 Å². The predicted molar refractivity (Wildman–Crippen MR) is 118 cm³/mol. The average molecular weight is 421 g/mol. The van der Waals surface area contributed by atoms with E-state index in [9.17, 15) is 14.7 Å². The van der Waals surface area contributed by atoms with Gasteiger partial charge in [0.2, 0.25) is 5.91 Å². The Bertz CT molecular complexity index is 430. The van der Waals surface area contributed by atoms with Gasteiger partial charge in [0.15, 0.2) is 5.96 Å². The number of carboxylic acids is 1. The number of hydrogen-bond donors (Lipinski definition) is 4. The number of carbonyl (C=O) groups is 2. The molecule has 0 rings (SSSR count). The van der Waals surface area contributed by atoms with Crippen molar-refractivity contribution in [1.29, 1.82) is 0 Å². The molecular formula is C20H41ClN4O3. The highest BCUT2D eigenvalue weighted by Crippen LogP contribution is 2.12. The molecule has 0 aromatic heterocycles. The summed E-state index contributed by atoms with van der Waals surface area (Å²) in [6, 6.07) is -0.876. The number of nitrogens with zero attached hydrogens (tertiary/aromatic N) is 1. The lowest BCUT2D eigenvalue weighted by Gasteiger charge is -2.14. The summed E-state index contributed by atoms with van der Waals surface area (Å²) in [6.45, 7) is 2.60. The van der Waals surface area contributed by atoms with Crippen LogP contribution in [0.4, 0.5) is 0 Å². The smallest absolute Gasteiger partial charge is 0.326 e. The largest absolute Gasteiger partial charge is 0.480 e. The second kappa shape index (κ2) is 20.2. The molecule has 28 heavy (non-hydrogen) atoms. The van der Waals surface area contributed by atoms with Crippen molar-refractivity contribution in [3.05, 3.63) is 0 Å². The van der Waals surface area contributed by atoms with E-state index < -0.39 is 12.0 Å². The molecule has 0 aliphatic carbocycles. The van der Waals surface area contributed by atoms with E-state index in [4.69, 9.17) is 11.5 Å². The van der Waals surface area contributed by atoms with Crippen molar-refractivity contribution < 1.29 is 14.7 Å². The first-order valence-electron chi connectivity index (χ1n) is 10.5. The van der Waals surface area contributed by atoms with Crippen LogP contribution in [-0.2, 0) is 9.59 Å². The molecule has 1 amide bonds. The Kier molecular flexibility index (Phi) is 20.8. The number of aliphatic carboxylic acids is 1. The van der Waals surface area contributed by atoms with Gasteiger partial charge in [0.05, 0.1) is 0 Å². The van der Waals surface area contributed by atoms with Gasteiger partial charge < -0.3 is 21.9 Å². The number of carbonyl (C=O) groups excluding carboxylic acids is 1. The Morgan fingerprint density at radius 3 is 1.86 bits per heavy atom. The number of amides is 1. The van der Waals surface area contributed by atoms with Crippen molar-refractivity contribution in [3.63, 3.8) is 0 Å². The zero-order valence-corrected chi connectivity index (χ0v) is 18.3. The van der Waals surface area contributed by atoms with Crippen molar-refractivity contribution in [2.75, 3.05) is 6.54 Å². The van der Waals surface area contributed by atoms with Gasteiger partial charge in [-0.1, -0.05) is 71.1 Å². The molecule has 0 saturated carbocycles. The Morgan fingerprint density at radius 2 is 1.39 bits per heavy atom. The maximum Gasteiger partial charge on any atom is 0.326 e. The summed E-state index contributed by atoms with van der Waals surface area (Å²) in [6.07, 6.45) is 14.7. The van der Waals surface area contributed by atoms with Gasteiger partial charge in [-0.2, -0.15) is 0 Å². The van der Waals surface area contributed by atoms with Gasteiger partial charge in [0.1, 0.15) is 6.04 Å². The van der Waals surface area contributed by atoms with Crippen LogP contribution in [0.2, 0.25) is 0 Å². The SMILES string of the molecule is CCCCCCCCCCCCCC(=O)N[C@@H](CCCN=C(N)N)C(=O)O.Cl. The number of nitrogens with two attached hydrogens (primary N) is 2. The number of hydrogen-bond acceptors (Lipinski definition) is 3. The summed E-state index contributed by atoms with van der Waals surface area (Å²) >= 11 is 0. The summed E-state index contributed by atoms with van der Waals surface area (Å²) in [4.78, 5) is 27.0. The van der Waals surface area contributed by atoms with Crippen LogP contribution in [0.3, 0.4) is 0 Å². The summed E-state index contributed by atoms with van der Waals surface area (Å²) in [5.74, 6) is -1.23. The molecular weight excluding hydrogens is 380 g/mol. The topological polar surface area (TPSA) is 131 Å². The fourth-order valence-corrected chi connectivity index (χ4v) is 2.98. The Hall–Kier alpha value is -1.50. The van der Waals surface area contributed by atoms with Crippen molar-refractivity contribution >= 4 is 30.2 Å². The van der Waals surface area contributed by atoms with Crippen LogP contribution in [0.1, 0.15) is 96.8 Å². The normalized spacial score (nSPS) is 11.3. The molecule has 0 saturated heterocycles. The fraction of sp³-hybridized carbons (Fsp3) is 0.850. The standard InChI is InChI=1S/C20H40N4O3.ClH/c1-2-3-4-5-6-7-8-9-10-11-12-15-18(25)24-17(19(26)27)14-13-16-23-20(21)22;/h17H,2-16H2,1H3,(H,24,25)(H,26,27)(H4,21,22,23);1H/t17-;/m0./s1. The molecule has 0 aromatic rings. The van der Waals surface area contributed by atoms with Gasteiger partial charge in [0.25, 0.3) is 0 Å². The molecule has 6 N–H and O–H groups in total. The van der Waals surface area contributed by atoms with Gasteiger partial charge in [-0.25, -0.2) is 4.79 Å². The third kappa shape index (κ3) is 19.3. The second-order valence-electron chi connectivity index (χ2n) is 7.19. The molecule has 0 aliphatic rings. The van der Waals surface area contributed by atoms with Crippen molar-refractivity contribution in [2.24, 2.45) is 16.5 Å². The van der Waals surface area contributed by atoms with E-state index in [1.807, 2.05) is 0 Å². The highest BCUT2D eigenvalue weighted by atomic mass is 35.5. The van der Waals surface area contributed by atoms with Crippen molar-refractivity contribution in [2.45, 2.75) is 103 Å². The van der Waals surface area contributed by atoms with Gasteiger partial charge in [-0.15, -0.1) is 12.4 Å². The summed E-state index contributed by atoms with van der Waals surface area (Å²) < 4.78 is 0. The monoisotopic (exact) mass is 420 g/mol. The predicted octanol–water partition coefficient (Wildman–Crippen LogP) is 3.73. The minimum Gasteiger partial charge on any atom is -0.480 e. The fourth-order valence-electron chi connectivity index (χ4n) is 2.98. The highest BCUT2D eigenvalue weighted by molar-refractivity contribution is 5.85. The number of carboxylic acid groups (broad SMARTS) is 1. The van der Waals surface area contributed by atoms with Gasteiger partial charge in [-0.05, 0) is 19.3 Å². The number of halogens is 1. The van der Waals surface area contributed by atoms with E-state index in [2.05, 4.69) is 17.2 Å². The Morgan fingerprint density at radius 1 is 0.893 bits per heavy atom. The van der Waals surface area contributed by atoms with E-state index in [1.54, 1.807) is 0 Å². The molecule has 0 spiro atoms. The lowest BCUT2D eigenvalue weighted by Crippen LogP contribution is -2.40. The van der Waals surface area contributed by atoms with Crippen LogP contribution < -0.4 is 16.8 Å². The lowest BCUT2D eigenvalue weighted by molar-refractivity contribution is -0.142. The lowest BCUT2D eigenvalue weighted by atomic mass is 10.0. The number of nitrogens with one attached hydrogen (secondary N) is 1. The van der Waals surface area contributed by atoms with Crippen LogP contribution in [0.25, 0.3) is 0 Å². The minimum atomic E-state index is -1.02. The summed E-state index contributed by atoms with van der Waals surface area (Å²) in [7, 11) is 0. The third-order valence-corrected chi connectivity index (χ3v) is 4.59. The molecule has 1 atom stereocenters. The summed E-state index contributed by atoms with van der Waals surface area (Å²) in [5, 5.41) is 11.8. The number of unbranched alkanes of at least 4 members (excludes halogenated alkanes) is 10.